The quantitative estimate of drug-likeness (QED) is 0.487. The molecule has 2 N–H and O–H groups in total. The normalized spacial score (nSPS) is 10.8. The van der Waals surface area contributed by atoms with Crippen molar-refractivity contribution in [2.24, 2.45) is 0 Å². The average molecular weight is 408 g/mol. The number of rotatable bonds is 3. The standard InChI is InChI=1S/C21H15Cl2N5/c1-12-8-19(13-2-4-16(22)17(23)9-13)28-21(27-12)14-6-7-25-18(10-14)15-3-5-20(24)26-11-15/h2-11H,1H3,(H2,24,26). The molecular weight excluding hydrogens is 393 g/mol. The molecule has 4 rings (SSSR count). The third-order valence-electron chi connectivity index (χ3n) is 4.17. The lowest BCUT2D eigenvalue weighted by Crippen LogP contribution is -1.96. The van der Waals surface area contributed by atoms with Gasteiger partial charge in [0.15, 0.2) is 5.82 Å². The molecule has 0 atom stereocenters. The van der Waals surface area contributed by atoms with Crippen LogP contribution in [0.3, 0.4) is 0 Å². The molecule has 0 unspecified atom stereocenters. The van der Waals surface area contributed by atoms with Gasteiger partial charge in [-0.25, -0.2) is 15.0 Å². The minimum absolute atomic E-state index is 0.466. The summed E-state index contributed by atoms with van der Waals surface area (Å²) in [5.74, 6) is 1.07. The highest BCUT2D eigenvalue weighted by atomic mass is 35.5. The Kier molecular flexibility index (Phi) is 4.94. The van der Waals surface area contributed by atoms with Crippen LogP contribution in [0.25, 0.3) is 33.9 Å². The van der Waals surface area contributed by atoms with Gasteiger partial charge in [-0.3, -0.25) is 4.98 Å². The molecule has 28 heavy (non-hydrogen) atoms. The van der Waals surface area contributed by atoms with Crippen molar-refractivity contribution < 1.29 is 0 Å². The van der Waals surface area contributed by atoms with Crippen LogP contribution >= 0.6 is 23.2 Å². The lowest BCUT2D eigenvalue weighted by Gasteiger charge is -2.08. The Balaban J connectivity index is 1.77. The molecule has 1 aromatic carbocycles. The zero-order valence-electron chi connectivity index (χ0n) is 14.9. The number of hydrogen-bond donors (Lipinski definition) is 1. The van der Waals surface area contributed by atoms with Gasteiger partial charge in [0, 0.05) is 34.8 Å². The van der Waals surface area contributed by atoms with Crippen molar-refractivity contribution >= 4 is 29.0 Å². The number of aromatic nitrogens is 4. The van der Waals surface area contributed by atoms with E-state index in [0.717, 1.165) is 33.8 Å². The molecule has 0 saturated heterocycles. The van der Waals surface area contributed by atoms with Crippen molar-refractivity contribution in [2.75, 3.05) is 5.73 Å². The maximum absolute atomic E-state index is 6.16. The van der Waals surface area contributed by atoms with E-state index in [9.17, 15) is 0 Å². The molecule has 0 fully saturated rings. The summed E-state index contributed by atoms with van der Waals surface area (Å²) in [4.78, 5) is 17.8. The summed E-state index contributed by atoms with van der Waals surface area (Å²) < 4.78 is 0. The van der Waals surface area contributed by atoms with E-state index in [2.05, 4.69) is 15.0 Å². The van der Waals surface area contributed by atoms with Gasteiger partial charge in [-0.2, -0.15) is 0 Å². The summed E-state index contributed by atoms with van der Waals surface area (Å²) in [5, 5.41) is 0.992. The van der Waals surface area contributed by atoms with Gasteiger partial charge in [-0.15, -0.1) is 0 Å². The first-order valence-corrected chi connectivity index (χ1v) is 9.24. The number of nitrogen functional groups attached to an aromatic ring is 1. The van der Waals surface area contributed by atoms with Crippen molar-refractivity contribution in [3.05, 3.63) is 76.7 Å². The highest BCUT2D eigenvalue weighted by molar-refractivity contribution is 6.42. The van der Waals surface area contributed by atoms with Crippen LogP contribution in [-0.4, -0.2) is 19.9 Å². The molecule has 4 aromatic rings. The number of anilines is 1. The van der Waals surface area contributed by atoms with Crippen molar-refractivity contribution in [3.8, 4) is 33.9 Å². The molecule has 0 amide bonds. The number of hydrogen-bond acceptors (Lipinski definition) is 5. The molecule has 0 aliphatic rings. The van der Waals surface area contributed by atoms with Gasteiger partial charge in [0.25, 0.3) is 0 Å². The molecule has 0 radical (unpaired) electrons. The van der Waals surface area contributed by atoms with Gasteiger partial charge in [0.1, 0.15) is 5.82 Å². The summed E-state index contributed by atoms with van der Waals surface area (Å²) in [6, 6.07) is 14.8. The summed E-state index contributed by atoms with van der Waals surface area (Å²) in [6.07, 6.45) is 3.42. The lowest BCUT2D eigenvalue weighted by molar-refractivity contribution is 1.11. The number of halogens is 2. The molecule has 0 bridgehead atoms. The van der Waals surface area contributed by atoms with E-state index in [-0.39, 0.29) is 0 Å². The Labute approximate surface area is 172 Å². The van der Waals surface area contributed by atoms with Crippen LogP contribution in [-0.2, 0) is 0 Å². The predicted octanol–water partition coefficient (Wildman–Crippen LogP) is 5.47. The second-order valence-electron chi connectivity index (χ2n) is 6.25. The molecule has 0 aliphatic heterocycles. The van der Waals surface area contributed by atoms with E-state index < -0.39 is 0 Å². The Morgan fingerprint density at radius 2 is 1.57 bits per heavy atom. The highest BCUT2D eigenvalue weighted by Crippen LogP contribution is 2.29. The van der Waals surface area contributed by atoms with Gasteiger partial charge in [0.2, 0.25) is 0 Å². The second kappa shape index (κ2) is 7.54. The fraction of sp³-hybridized carbons (Fsp3) is 0.0476. The first kappa shape index (κ1) is 18.3. The third kappa shape index (κ3) is 3.81. The summed E-state index contributed by atoms with van der Waals surface area (Å²) in [7, 11) is 0. The topological polar surface area (TPSA) is 77.6 Å². The molecular formula is C21H15Cl2N5. The van der Waals surface area contributed by atoms with Crippen molar-refractivity contribution in [1.82, 2.24) is 19.9 Å². The molecule has 0 aliphatic carbocycles. The van der Waals surface area contributed by atoms with Crippen LogP contribution in [0.4, 0.5) is 5.82 Å². The zero-order chi connectivity index (χ0) is 19.7. The Morgan fingerprint density at radius 3 is 2.32 bits per heavy atom. The van der Waals surface area contributed by atoms with Gasteiger partial charge in [-0.1, -0.05) is 29.3 Å². The van der Waals surface area contributed by atoms with E-state index in [0.29, 0.717) is 21.7 Å². The number of benzene rings is 1. The lowest BCUT2D eigenvalue weighted by atomic mass is 10.1. The molecule has 0 spiro atoms. The second-order valence-corrected chi connectivity index (χ2v) is 7.06. The molecule has 3 aromatic heterocycles. The smallest absolute Gasteiger partial charge is 0.160 e. The number of nitrogens with two attached hydrogens (primary N) is 1. The van der Waals surface area contributed by atoms with Crippen LogP contribution < -0.4 is 5.73 Å². The van der Waals surface area contributed by atoms with Crippen LogP contribution in [0.1, 0.15) is 5.69 Å². The van der Waals surface area contributed by atoms with E-state index in [1.807, 2.05) is 37.3 Å². The minimum atomic E-state index is 0.466. The van der Waals surface area contributed by atoms with Crippen molar-refractivity contribution in [1.29, 1.82) is 0 Å². The molecule has 7 heteroatoms. The van der Waals surface area contributed by atoms with Crippen LogP contribution in [0.5, 0.6) is 0 Å². The summed E-state index contributed by atoms with van der Waals surface area (Å²) in [6.45, 7) is 1.93. The van der Waals surface area contributed by atoms with Gasteiger partial charge < -0.3 is 5.73 Å². The Hall–Kier alpha value is -3.02. The molecule has 0 saturated carbocycles. The van der Waals surface area contributed by atoms with Crippen molar-refractivity contribution in [2.45, 2.75) is 6.92 Å². The van der Waals surface area contributed by atoms with Gasteiger partial charge in [0.05, 0.1) is 21.4 Å². The zero-order valence-corrected chi connectivity index (χ0v) is 16.4. The molecule has 5 nitrogen and oxygen atoms in total. The average Bonchev–Trinajstić information content (AvgIpc) is 2.70. The highest BCUT2D eigenvalue weighted by Gasteiger charge is 2.10. The summed E-state index contributed by atoms with van der Waals surface area (Å²) in [5.41, 5.74) is 10.6. The van der Waals surface area contributed by atoms with Crippen LogP contribution in [0.2, 0.25) is 10.0 Å². The first-order valence-electron chi connectivity index (χ1n) is 8.49. The van der Waals surface area contributed by atoms with E-state index in [4.69, 9.17) is 33.9 Å². The summed E-state index contributed by atoms with van der Waals surface area (Å²) >= 11 is 12.2. The van der Waals surface area contributed by atoms with E-state index in [1.165, 1.54) is 0 Å². The van der Waals surface area contributed by atoms with Crippen molar-refractivity contribution in [3.63, 3.8) is 0 Å². The fourth-order valence-corrected chi connectivity index (χ4v) is 3.08. The third-order valence-corrected chi connectivity index (χ3v) is 4.91. The van der Waals surface area contributed by atoms with E-state index in [1.54, 1.807) is 30.6 Å². The van der Waals surface area contributed by atoms with E-state index >= 15 is 0 Å². The monoisotopic (exact) mass is 407 g/mol. The number of pyridine rings is 2. The largest absolute Gasteiger partial charge is 0.384 e. The molecule has 3 heterocycles. The first-order chi connectivity index (χ1) is 13.5. The minimum Gasteiger partial charge on any atom is -0.384 e. The molecule has 138 valence electrons. The number of aryl methyl sites for hydroxylation is 1. The van der Waals surface area contributed by atoms with Crippen LogP contribution in [0, 0.1) is 6.92 Å². The maximum Gasteiger partial charge on any atom is 0.160 e. The van der Waals surface area contributed by atoms with Gasteiger partial charge >= 0.3 is 0 Å². The Bertz CT molecular complexity index is 1160. The maximum atomic E-state index is 6.16. The Morgan fingerprint density at radius 1 is 0.750 bits per heavy atom. The fourth-order valence-electron chi connectivity index (χ4n) is 2.79. The van der Waals surface area contributed by atoms with Crippen LogP contribution in [0.15, 0.2) is 60.9 Å². The predicted molar refractivity (Wildman–Crippen MR) is 113 cm³/mol. The SMILES string of the molecule is Cc1cc(-c2ccc(Cl)c(Cl)c2)nc(-c2ccnc(-c3ccc(N)nc3)c2)n1. The van der Waals surface area contributed by atoms with Gasteiger partial charge in [-0.05, 0) is 49.4 Å². The number of nitrogens with zero attached hydrogens (tertiary/aromatic N) is 4.